The first-order chi connectivity index (χ1) is 7.41. The molecule has 1 aromatic rings. The van der Waals surface area contributed by atoms with Gasteiger partial charge < -0.3 is 4.90 Å². The molecule has 0 aliphatic carbocycles. The van der Waals surface area contributed by atoms with Crippen molar-refractivity contribution in [2.24, 2.45) is 0 Å². The van der Waals surface area contributed by atoms with Crippen molar-refractivity contribution in [3.63, 3.8) is 0 Å². The number of hydrogen-bond acceptors (Lipinski definition) is 3. The number of anilines is 1. The van der Waals surface area contributed by atoms with E-state index >= 15 is 0 Å². The van der Waals surface area contributed by atoms with Gasteiger partial charge in [0.1, 0.15) is 0 Å². The molecule has 0 heterocycles. The first-order valence-electron chi connectivity index (χ1n) is 5.02. The van der Waals surface area contributed by atoms with Crippen molar-refractivity contribution in [2.75, 3.05) is 19.0 Å². The number of benzene rings is 1. The summed E-state index contributed by atoms with van der Waals surface area (Å²) in [6.45, 7) is 3.45. The quantitative estimate of drug-likeness (QED) is 0.581. The maximum atomic E-state index is 10.5. The maximum absolute atomic E-state index is 10.5. The summed E-state index contributed by atoms with van der Waals surface area (Å²) in [5, 5.41) is 10.5. The van der Waals surface area contributed by atoms with Crippen molar-refractivity contribution in [1.29, 1.82) is 0 Å². The standard InChI is InChI=1S/C12H16N2O2/c1-9-7-12(13(3)4)6-5-11(9)8-10(2)14(15)16/h5-8H,1-4H3. The Hall–Kier alpha value is -1.84. The van der Waals surface area contributed by atoms with Gasteiger partial charge in [-0.05, 0) is 30.2 Å². The maximum Gasteiger partial charge on any atom is 0.243 e. The van der Waals surface area contributed by atoms with E-state index in [2.05, 4.69) is 0 Å². The molecule has 0 amide bonds. The summed E-state index contributed by atoms with van der Waals surface area (Å²) in [5.41, 5.74) is 3.17. The van der Waals surface area contributed by atoms with E-state index in [1.807, 2.05) is 44.1 Å². The Morgan fingerprint density at radius 3 is 2.50 bits per heavy atom. The molecule has 0 N–H and O–H groups in total. The lowest BCUT2D eigenvalue weighted by atomic mass is 10.1. The van der Waals surface area contributed by atoms with Crippen LogP contribution in [0.3, 0.4) is 0 Å². The summed E-state index contributed by atoms with van der Waals surface area (Å²) in [6, 6.07) is 5.86. The van der Waals surface area contributed by atoms with Crippen molar-refractivity contribution in [1.82, 2.24) is 0 Å². The molecule has 0 aliphatic rings. The summed E-state index contributed by atoms with van der Waals surface area (Å²) in [4.78, 5) is 12.1. The minimum absolute atomic E-state index is 0.153. The monoisotopic (exact) mass is 220 g/mol. The molecular weight excluding hydrogens is 204 g/mol. The third-order valence-electron chi connectivity index (χ3n) is 2.42. The molecule has 0 aromatic heterocycles. The SMILES string of the molecule is CC(=Cc1ccc(N(C)C)cc1C)[N+](=O)[O-]. The van der Waals surface area contributed by atoms with Gasteiger partial charge >= 0.3 is 0 Å². The van der Waals surface area contributed by atoms with E-state index in [-0.39, 0.29) is 10.6 Å². The fraction of sp³-hybridized carbons (Fsp3) is 0.333. The number of rotatable bonds is 3. The fourth-order valence-electron chi connectivity index (χ4n) is 1.38. The number of nitro groups is 1. The highest BCUT2D eigenvalue weighted by Gasteiger charge is 2.05. The summed E-state index contributed by atoms with van der Waals surface area (Å²) in [5.74, 6) is 0. The highest BCUT2D eigenvalue weighted by atomic mass is 16.6. The topological polar surface area (TPSA) is 46.4 Å². The molecule has 86 valence electrons. The predicted molar refractivity (Wildman–Crippen MR) is 66.2 cm³/mol. The van der Waals surface area contributed by atoms with Gasteiger partial charge in [-0.15, -0.1) is 0 Å². The van der Waals surface area contributed by atoms with Gasteiger partial charge in [-0.3, -0.25) is 10.1 Å². The number of aryl methyl sites for hydroxylation is 1. The Bertz CT molecular complexity index is 437. The minimum Gasteiger partial charge on any atom is -0.378 e. The lowest BCUT2D eigenvalue weighted by Crippen LogP contribution is -2.08. The Morgan fingerprint density at radius 1 is 1.44 bits per heavy atom. The molecule has 0 unspecified atom stereocenters. The third kappa shape index (κ3) is 2.82. The lowest BCUT2D eigenvalue weighted by Gasteiger charge is -2.13. The van der Waals surface area contributed by atoms with Crippen LogP contribution in [0.2, 0.25) is 0 Å². The lowest BCUT2D eigenvalue weighted by molar-refractivity contribution is -0.422. The number of allylic oxidation sites excluding steroid dienone is 1. The van der Waals surface area contributed by atoms with E-state index in [0.29, 0.717) is 0 Å². The molecule has 0 atom stereocenters. The number of hydrogen-bond donors (Lipinski definition) is 0. The van der Waals surface area contributed by atoms with Gasteiger partial charge in [0.25, 0.3) is 0 Å². The van der Waals surface area contributed by atoms with Crippen molar-refractivity contribution in [3.8, 4) is 0 Å². The van der Waals surface area contributed by atoms with E-state index < -0.39 is 0 Å². The average Bonchev–Trinajstić information content (AvgIpc) is 2.20. The third-order valence-corrected chi connectivity index (χ3v) is 2.42. The largest absolute Gasteiger partial charge is 0.378 e. The molecule has 0 aliphatic heterocycles. The van der Waals surface area contributed by atoms with Crippen LogP contribution in [-0.4, -0.2) is 19.0 Å². The van der Waals surface area contributed by atoms with E-state index in [0.717, 1.165) is 16.8 Å². The average molecular weight is 220 g/mol. The van der Waals surface area contributed by atoms with E-state index in [9.17, 15) is 10.1 Å². The van der Waals surface area contributed by atoms with E-state index in [1.165, 1.54) is 6.92 Å². The zero-order valence-corrected chi connectivity index (χ0v) is 10.0. The highest BCUT2D eigenvalue weighted by molar-refractivity contribution is 5.60. The van der Waals surface area contributed by atoms with Crippen molar-refractivity contribution < 1.29 is 4.92 Å². The van der Waals surface area contributed by atoms with Gasteiger partial charge in [-0.2, -0.15) is 0 Å². The molecule has 0 saturated carbocycles. The van der Waals surface area contributed by atoms with Crippen LogP contribution in [-0.2, 0) is 0 Å². The van der Waals surface area contributed by atoms with Gasteiger partial charge in [0.05, 0.1) is 4.92 Å². The minimum atomic E-state index is -0.376. The Morgan fingerprint density at radius 2 is 2.06 bits per heavy atom. The van der Waals surface area contributed by atoms with Crippen LogP contribution in [0, 0.1) is 17.0 Å². The Labute approximate surface area is 95.3 Å². The van der Waals surface area contributed by atoms with Crippen LogP contribution in [0.25, 0.3) is 6.08 Å². The fourth-order valence-corrected chi connectivity index (χ4v) is 1.38. The second-order valence-electron chi connectivity index (χ2n) is 3.98. The van der Waals surface area contributed by atoms with E-state index in [1.54, 1.807) is 6.08 Å². The smallest absolute Gasteiger partial charge is 0.243 e. The normalized spacial score (nSPS) is 11.4. The molecule has 4 heteroatoms. The van der Waals surface area contributed by atoms with E-state index in [4.69, 9.17) is 0 Å². The van der Waals surface area contributed by atoms with Crippen LogP contribution < -0.4 is 4.90 Å². The molecule has 0 bridgehead atoms. The molecule has 16 heavy (non-hydrogen) atoms. The van der Waals surface area contributed by atoms with Gasteiger partial charge in [-0.25, -0.2) is 0 Å². The second-order valence-corrected chi connectivity index (χ2v) is 3.98. The Balaban J connectivity index is 3.09. The van der Waals surface area contributed by atoms with Crippen molar-refractivity contribution in [3.05, 3.63) is 45.1 Å². The Kier molecular flexibility index (Phi) is 3.66. The first kappa shape index (κ1) is 12.2. The molecule has 4 nitrogen and oxygen atoms in total. The zero-order chi connectivity index (χ0) is 12.3. The molecule has 1 aromatic carbocycles. The van der Waals surface area contributed by atoms with Gasteiger partial charge in [-0.1, -0.05) is 6.07 Å². The summed E-state index contributed by atoms with van der Waals surface area (Å²) < 4.78 is 0. The molecule has 0 fully saturated rings. The van der Waals surface area contributed by atoms with Crippen molar-refractivity contribution >= 4 is 11.8 Å². The first-order valence-corrected chi connectivity index (χ1v) is 5.02. The van der Waals surface area contributed by atoms with Crippen LogP contribution in [0.5, 0.6) is 0 Å². The number of nitrogens with zero attached hydrogens (tertiary/aromatic N) is 2. The molecule has 0 spiro atoms. The van der Waals surface area contributed by atoms with Crippen molar-refractivity contribution in [2.45, 2.75) is 13.8 Å². The molecule has 0 radical (unpaired) electrons. The van der Waals surface area contributed by atoms with Crippen LogP contribution in [0.1, 0.15) is 18.1 Å². The summed E-state index contributed by atoms with van der Waals surface area (Å²) in [6.07, 6.45) is 1.59. The molecular formula is C12H16N2O2. The van der Waals surface area contributed by atoms with Crippen LogP contribution in [0.4, 0.5) is 5.69 Å². The van der Waals surface area contributed by atoms with Gasteiger partial charge in [0.2, 0.25) is 5.70 Å². The second kappa shape index (κ2) is 4.79. The highest BCUT2D eigenvalue weighted by Crippen LogP contribution is 2.19. The zero-order valence-electron chi connectivity index (χ0n) is 10.0. The van der Waals surface area contributed by atoms with Crippen LogP contribution in [0.15, 0.2) is 23.9 Å². The molecule has 1 rings (SSSR count). The van der Waals surface area contributed by atoms with Gasteiger partial charge in [0.15, 0.2) is 0 Å². The molecule has 0 saturated heterocycles. The predicted octanol–water partition coefficient (Wildman–Crippen LogP) is 2.70. The van der Waals surface area contributed by atoms with Gasteiger partial charge in [0, 0.05) is 32.8 Å². The van der Waals surface area contributed by atoms with Crippen LogP contribution >= 0.6 is 0 Å². The summed E-state index contributed by atoms with van der Waals surface area (Å²) >= 11 is 0. The summed E-state index contributed by atoms with van der Waals surface area (Å²) in [7, 11) is 3.93.